The monoisotopic (exact) mass is 472 g/mol. The predicted octanol–water partition coefficient (Wildman–Crippen LogP) is 2.20. The molecule has 2 aromatic carbocycles. The highest BCUT2D eigenvalue weighted by Gasteiger charge is 2.18. The van der Waals surface area contributed by atoms with Crippen molar-refractivity contribution in [1.29, 1.82) is 0 Å². The minimum atomic E-state index is -3.77. The lowest BCUT2D eigenvalue weighted by Gasteiger charge is -2.09. The van der Waals surface area contributed by atoms with Gasteiger partial charge in [-0.3, -0.25) is 4.79 Å². The molecule has 3 aromatic rings. The van der Waals surface area contributed by atoms with Gasteiger partial charge in [0.2, 0.25) is 10.0 Å². The number of primary sulfonamides is 1. The number of nitrogens with one attached hydrogen (secondary N) is 1. The minimum absolute atomic E-state index is 0.0155. The number of carbonyl (C=O) groups is 2. The van der Waals surface area contributed by atoms with Gasteiger partial charge < -0.3 is 19.2 Å². The van der Waals surface area contributed by atoms with Crippen LogP contribution < -0.4 is 15.2 Å². The van der Waals surface area contributed by atoms with E-state index in [0.29, 0.717) is 11.3 Å². The summed E-state index contributed by atoms with van der Waals surface area (Å²) in [4.78, 5) is 23.9. The van der Waals surface area contributed by atoms with Crippen LogP contribution in [0.15, 0.2) is 51.8 Å². The number of sulfonamides is 1. The lowest BCUT2D eigenvalue weighted by Crippen LogP contribution is -2.29. The van der Waals surface area contributed by atoms with Gasteiger partial charge in [-0.25, -0.2) is 18.4 Å². The highest BCUT2D eigenvalue weighted by atomic mass is 32.2. The topological polar surface area (TPSA) is 138 Å². The molecule has 1 aromatic heterocycles. The summed E-state index contributed by atoms with van der Waals surface area (Å²) in [5.41, 5.74) is 2.69. The second-order valence-corrected chi connectivity index (χ2v) is 9.35. The van der Waals surface area contributed by atoms with Crippen LogP contribution in [-0.4, -0.2) is 33.5 Å². The number of amides is 1. The molecular weight excluding hydrogens is 448 g/mol. The van der Waals surface area contributed by atoms with Crippen LogP contribution in [0.5, 0.6) is 5.75 Å². The zero-order valence-electron chi connectivity index (χ0n) is 17.8. The van der Waals surface area contributed by atoms with Crippen molar-refractivity contribution in [3.63, 3.8) is 0 Å². The van der Waals surface area contributed by atoms with Crippen molar-refractivity contribution in [3.05, 3.63) is 59.4 Å². The maximum Gasteiger partial charge on any atom is 0.344 e. The first-order valence-electron chi connectivity index (χ1n) is 10.5. The van der Waals surface area contributed by atoms with Crippen LogP contribution in [0, 0.1) is 0 Å². The lowest BCUT2D eigenvalue weighted by molar-refractivity contribution is -0.150. The Bertz CT molecular complexity index is 1280. The van der Waals surface area contributed by atoms with E-state index in [1.165, 1.54) is 29.8 Å². The smallest absolute Gasteiger partial charge is 0.344 e. The molecule has 0 bridgehead atoms. The van der Waals surface area contributed by atoms with E-state index in [2.05, 4.69) is 5.32 Å². The first kappa shape index (κ1) is 22.8. The number of benzene rings is 2. The van der Waals surface area contributed by atoms with Crippen molar-refractivity contribution >= 4 is 32.9 Å². The molecule has 1 aliphatic rings. The Morgan fingerprint density at radius 3 is 2.55 bits per heavy atom. The minimum Gasteiger partial charge on any atom is -0.482 e. The molecule has 0 unspecified atom stereocenters. The quantitative estimate of drug-likeness (QED) is 0.479. The van der Waals surface area contributed by atoms with Crippen molar-refractivity contribution in [2.45, 2.75) is 37.1 Å². The first-order valence-corrected chi connectivity index (χ1v) is 12.1. The number of furan rings is 1. The summed E-state index contributed by atoms with van der Waals surface area (Å²) < 4.78 is 38.9. The van der Waals surface area contributed by atoms with Crippen molar-refractivity contribution in [2.75, 3.05) is 13.2 Å². The number of esters is 1. The Labute approximate surface area is 190 Å². The predicted molar refractivity (Wildman–Crippen MR) is 119 cm³/mol. The molecule has 1 heterocycles. The van der Waals surface area contributed by atoms with Crippen molar-refractivity contribution in [1.82, 2.24) is 5.32 Å². The molecule has 0 saturated heterocycles. The van der Waals surface area contributed by atoms with Crippen molar-refractivity contribution in [3.8, 4) is 5.75 Å². The average Bonchev–Trinajstić information content (AvgIpc) is 3.17. The van der Waals surface area contributed by atoms with Crippen LogP contribution in [0.3, 0.4) is 0 Å². The number of nitrogens with two attached hydrogens (primary N) is 1. The van der Waals surface area contributed by atoms with Gasteiger partial charge in [-0.15, -0.1) is 0 Å². The second-order valence-electron chi connectivity index (χ2n) is 7.78. The van der Waals surface area contributed by atoms with Gasteiger partial charge in [0.05, 0.1) is 4.90 Å². The third kappa shape index (κ3) is 5.71. The van der Waals surface area contributed by atoms with Gasteiger partial charge >= 0.3 is 5.97 Å². The third-order valence-electron chi connectivity index (χ3n) is 5.39. The zero-order chi connectivity index (χ0) is 23.4. The molecule has 0 fully saturated rings. The van der Waals surface area contributed by atoms with E-state index in [9.17, 15) is 18.0 Å². The summed E-state index contributed by atoms with van der Waals surface area (Å²) in [7, 11) is -3.77. The fourth-order valence-corrected chi connectivity index (χ4v) is 4.23. The number of hydrogen-bond donors (Lipinski definition) is 2. The highest BCUT2D eigenvalue weighted by Crippen LogP contribution is 2.33. The maximum absolute atomic E-state index is 12.0. The zero-order valence-corrected chi connectivity index (χ0v) is 18.7. The Balaban J connectivity index is 1.22. The fraction of sp³-hybridized carbons (Fsp3) is 0.304. The SMILES string of the molecule is NS(=O)(=O)c1ccc(CNC(=O)COC(=O)COc2ccc3oc4c(c3c2)CCCC4)cc1. The maximum atomic E-state index is 12.0. The van der Waals surface area contributed by atoms with E-state index in [1.54, 1.807) is 6.07 Å². The molecule has 10 heteroatoms. The molecule has 4 rings (SSSR count). The molecule has 0 saturated carbocycles. The van der Waals surface area contributed by atoms with E-state index in [1.807, 2.05) is 12.1 Å². The van der Waals surface area contributed by atoms with Gasteiger partial charge in [0, 0.05) is 23.9 Å². The standard InChI is InChI=1S/C23H24N2O7S/c24-33(28,29)17-8-5-15(6-9-17)12-25-22(26)13-31-23(27)14-30-16-7-10-21-19(11-16)18-3-1-2-4-20(18)32-21/h5-11H,1-4,12-14H2,(H,25,26)(H2,24,28,29). The van der Waals surface area contributed by atoms with Crippen LogP contribution in [0.1, 0.15) is 29.7 Å². The molecule has 0 spiro atoms. The van der Waals surface area contributed by atoms with Gasteiger partial charge in [0.1, 0.15) is 17.1 Å². The number of carbonyl (C=O) groups excluding carboxylic acids is 2. The Hall–Kier alpha value is -3.37. The number of hydrogen-bond acceptors (Lipinski definition) is 7. The summed E-state index contributed by atoms with van der Waals surface area (Å²) in [6, 6.07) is 11.2. The highest BCUT2D eigenvalue weighted by molar-refractivity contribution is 7.89. The molecule has 1 amide bonds. The fourth-order valence-electron chi connectivity index (χ4n) is 3.71. The molecule has 3 N–H and O–H groups in total. The average molecular weight is 473 g/mol. The summed E-state index contributed by atoms with van der Waals surface area (Å²) in [6.45, 7) is -0.633. The number of fused-ring (bicyclic) bond motifs is 3. The molecule has 174 valence electrons. The van der Waals surface area contributed by atoms with E-state index >= 15 is 0 Å². The van der Waals surface area contributed by atoms with E-state index in [-0.39, 0.29) is 18.0 Å². The van der Waals surface area contributed by atoms with Crippen LogP contribution >= 0.6 is 0 Å². The van der Waals surface area contributed by atoms with Gasteiger partial charge in [-0.1, -0.05) is 12.1 Å². The summed E-state index contributed by atoms with van der Waals surface area (Å²) >= 11 is 0. The molecule has 0 aliphatic heterocycles. The van der Waals surface area contributed by atoms with E-state index in [4.69, 9.17) is 19.0 Å². The van der Waals surface area contributed by atoms with E-state index < -0.39 is 28.5 Å². The molecule has 0 radical (unpaired) electrons. The Morgan fingerprint density at radius 2 is 1.79 bits per heavy atom. The summed E-state index contributed by atoms with van der Waals surface area (Å²) in [5, 5.41) is 8.64. The van der Waals surface area contributed by atoms with Gasteiger partial charge in [-0.2, -0.15) is 0 Å². The summed E-state index contributed by atoms with van der Waals surface area (Å²) in [5.74, 6) is 0.391. The van der Waals surface area contributed by atoms with Crippen molar-refractivity contribution < 1.29 is 31.9 Å². The van der Waals surface area contributed by atoms with Crippen LogP contribution in [-0.2, 0) is 43.7 Å². The normalized spacial score (nSPS) is 13.4. The summed E-state index contributed by atoms with van der Waals surface area (Å²) in [6.07, 6.45) is 4.16. The van der Waals surface area contributed by atoms with Crippen LogP contribution in [0.25, 0.3) is 11.0 Å². The number of ether oxygens (including phenoxy) is 2. The molecule has 1 aliphatic carbocycles. The molecule has 0 atom stereocenters. The second kappa shape index (κ2) is 9.63. The van der Waals surface area contributed by atoms with Crippen LogP contribution in [0.2, 0.25) is 0 Å². The Morgan fingerprint density at radius 1 is 1.03 bits per heavy atom. The van der Waals surface area contributed by atoms with E-state index in [0.717, 1.165) is 42.4 Å². The van der Waals surface area contributed by atoms with Gasteiger partial charge in [0.15, 0.2) is 13.2 Å². The molecular formula is C23H24N2O7S. The largest absolute Gasteiger partial charge is 0.482 e. The number of aryl methyl sites for hydroxylation is 2. The molecule has 9 nitrogen and oxygen atoms in total. The number of rotatable bonds is 8. The van der Waals surface area contributed by atoms with Crippen molar-refractivity contribution in [2.24, 2.45) is 5.14 Å². The van der Waals surface area contributed by atoms with Gasteiger partial charge in [0.25, 0.3) is 5.91 Å². The van der Waals surface area contributed by atoms with Crippen LogP contribution in [0.4, 0.5) is 0 Å². The van der Waals surface area contributed by atoms with Gasteiger partial charge in [-0.05, 0) is 55.2 Å². The molecule has 33 heavy (non-hydrogen) atoms. The first-order chi connectivity index (χ1) is 15.8. The third-order valence-corrected chi connectivity index (χ3v) is 6.32. The lowest BCUT2D eigenvalue weighted by atomic mass is 9.96. The Kier molecular flexibility index (Phi) is 6.66.